The van der Waals surface area contributed by atoms with Crippen molar-refractivity contribution < 1.29 is 14.3 Å². The lowest BCUT2D eigenvalue weighted by Gasteiger charge is -2.34. The lowest BCUT2D eigenvalue weighted by molar-refractivity contribution is -0.139. The van der Waals surface area contributed by atoms with E-state index < -0.39 is 11.8 Å². The lowest BCUT2D eigenvalue weighted by Crippen LogP contribution is -2.46. The minimum absolute atomic E-state index is 0.0656. The molecule has 114 valence electrons. The van der Waals surface area contributed by atoms with E-state index in [4.69, 9.17) is 0 Å². The Bertz CT molecular complexity index is 513. The van der Waals surface area contributed by atoms with Crippen LogP contribution in [0.4, 0.5) is 5.82 Å². The molecule has 0 radical (unpaired) electrons. The number of Topliss-reactive ketones (excluding diaryl/α,β-unsaturated/α-hetero) is 1. The normalized spacial score (nSPS) is 15.8. The van der Waals surface area contributed by atoms with Gasteiger partial charge in [-0.25, -0.2) is 9.97 Å². The average Bonchev–Trinajstić information content (AvgIpc) is 2.55. The molecule has 21 heavy (non-hydrogen) atoms. The molecule has 7 nitrogen and oxygen atoms in total. The summed E-state index contributed by atoms with van der Waals surface area (Å²) in [6.45, 7) is 6.88. The number of hydrogen-bond donors (Lipinski definition) is 0. The zero-order chi connectivity index (χ0) is 15.2. The van der Waals surface area contributed by atoms with Crippen molar-refractivity contribution in [2.75, 3.05) is 44.7 Å². The Kier molecular flexibility index (Phi) is 5.21. The van der Waals surface area contributed by atoms with E-state index in [-0.39, 0.29) is 12.2 Å². The number of methoxy groups -OCH3 is 1. The maximum atomic E-state index is 11.9. The first-order chi connectivity index (χ1) is 10.1. The second-order valence-corrected chi connectivity index (χ2v) is 4.84. The summed E-state index contributed by atoms with van der Waals surface area (Å²) in [4.78, 5) is 35.7. The quantitative estimate of drug-likeness (QED) is 0.441. The molecule has 1 aliphatic heterocycles. The molecule has 2 heterocycles. The molecule has 2 rings (SSSR count). The number of anilines is 1. The van der Waals surface area contributed by atoms with Crippen molar-refractivity contribution in [2.24, 2.45) is 0 Å². The molecule has 1 fully saturated rings. The van der Waals surface area contributed by atoms with Crippen molar-refractivity contribution in [3.8, 4) is 0 Å². The van der Waals surface area contributed by atoms with Crippen molar-refractivity contribution in [2.45, 2.75) is 13.3 Å². The summed E-state index contributed by atoms with van der Waals surface area (Å²) in [5, 5.41) is 0. The van der Waals surface area contributed by atoms with Gasteiger partial charge in [-0.3, -0.25) is 9.59 Å². The fraction of sp³-hybridized carbons (Fsp3) is 0.571. The molecular formula is C14H20N4O3. The van der Waals surface area contributed by atoms with E-state index >= 15 is 0 Å². The fourth-order valence-electron chi connectivity index (χ4n) is 2.24. The summed E-state index contributed by atoms with van der Waals surface area (Å²) in [7, 11) is 1.25. The van der Waals surface area contributed by atoms with Crippen molar-refractivity contribution in [1.29, 1.82) is 0 Å². The van der Waals surface area contributed by atoms with Crippen LogP contribution in [-0.2, 0) is 9.53 Å². The third kappa shape index (κ3) is 3.98. The molecule has 0 aromatic carbocycles. The first-order valence-corrected chi connectivity index (χ1v) is 7.04. The number of aromatic nitrogens is 2. The molecule has 0 amide bonds. The van der Waals surface area contributed by atoms with Crippen LogP contribution in [0.15, 0.2) is 12.3 Å². The molecule has 1 aromatic heterocycles. The fourth-order valence-corrected chi connectivity index (χ4v) is 2.24. The van der Waals surface area contributed by atoms with Crippen LogP contribution in [0, 0.1) is 0 Å². The summed E-state index contributed by atoms with van der Waals surface area (Å²) in [5.41, 5.74) is 0. The number of piperazine rings is 1. The van der Waals surface area contributed by atoms with E-state index in [0.29, 0.717) is 0 Å². The minimum atomic E-state index is -0.578. The van der Waals surface area contributed by atoms with E-state index in [0.717, 1.165) is 38.5 Å². The molecule has 0 atom stereocenters. The summed E-state index contributed by atoms with van der Waals surface area (Å²) in [6.07, 6.45) is 1.22. The Morgan fingerprint density at radius 1 is 1.29 bits per heavy atom. The van der Waals surface area contributed by atoms with Gasteiger partial charge in [0.05, 0.1) is 7.11 Å². The second-order valence-electron chi connectivity index (χ2n) is 4.84. The van der Waals surface area contributed by atoms with E-state index in [2.05, 4.69) is 31.4 Å². The van der Waals surface area contributed by atoms with Crippen LogP contribution in [0.1, 0.15) is 24.0 Å². The molecule has 1 aliphatic rings. The molecule has 0 unspecified atom stereocenters. The molecule has 0 spiro atoms. The van der Waals surface area contributed by atoms with Gasteiger partial charge in [-0.05, 0) is 12.6 Å². The van der Waals surface area contributed by atoms with Crippen LogP contribution in [0.25, 0.3) is 0 Å². The average molecular weight is 292 g/mol. The zero-order valence-corrected chi connectivity index (χ0v) is 12.4. The summed E-state index contributed by atoms with van der Waals surface area (Å²) >= 11 is 0. The van der Waals surface area contributed by atoms with E-state index in [9.17, 15) is 9.59 Å². The predicted molar refractivity (Wildman–Crippen MR) is 77.3 cm³/mol. The van der Waals surface area contributed by atoms with E-state index in [1.54, 1.807) is 12.3 Å². The first kappa shape index (κ1) is 15.4. The van der Waals surface area contributed by atoms with Crippen LogP contribution < -0.4 is 4.90 Å². The zero-order valence-electron chi connectivity index (χ0n) is 12.4. The number of nitrogens with zero attached hydrogens (tertiary/aromatic N) is 4. The predicted octanol–water partition coefficient (Wildman–Crippen LogP) is 0.364. The van der Waals surface area contributed by atoms with Gasteiger partial charge >= 0.3 is 5.97 Å². The third-order valence-corrected chi connectivity index (χ3v) is 3.57. The monoisotopic (exact) mass is 292 g/mol. The van der Waals surface area contributed by atoms with Gasteiger partial charge in [0.2, 0.25) is 5.78 Å². The number of ketones is 1. The van der Waals surface area contributed by atoms with Gasteiger partial charge in [0, 0.05) is 32.4 Å². The lowest BCUT2D eigenvalue weighted by atomic mass is 10.2. The molecule has 0 saturated carbocycles. The largest absolute Gasteiger partial charge is 0.469 e. The molecule has 7 heteroatoms. The highest BCUT2D eigenvalue weighted by atomic mass is 16.5. The summed E-state index contributed by atoms with van der Waals surface area (Å²) in [6, 6.07) is 1.79. The summed E-state index contributed by atoms with van der Waals surface area (Å²) in [5.74, 6) is -0.203. The van der Waals surface area contributed by atoms with Crippen molar-refractivity contribution in [1.82, 2.24) is 14.9 Å². The Labute approximate surface area is 123 Å². The van der Waals surface area contributed by atoms with Gasteiger partial charge < -0.3 is 14.5 Å². The Morgan fingerprint density at radius 2 is 2.00 bits per heavy atom. The number of esters is 1. The van der Waals surface area contributed by atoms with Gasteiger partial charge in [0.15, 0.2) is 5.82 Å². The standard InChI is InChI=1S/C14H20N4O3/c1-3-17-6-8-18(9-7-17)12-4-5-15-14(16-12)11(19)10-13(20)21-2/h4-5H,3,6-10H2,1-2H3. The maximum absolute atomic E-state index is 11.9. The topological polar surface area (TPSA) is 75.6 Å². The Balaban J connectivity index is 2.04. The number of hydrogen-bond acceptors (Lipinski definition) is 7. The number of carbonyl (C=O) groups is 2. The Morgan fingerprint density at radius 3 is 2.62 bits per heavy atom. The van der Waals surface area contributed by atoms with Crippen LogP contribution in [-0.4, -0.2) is 66.5 Å². The van der Waals surface area contributed by atoms with Gasteiger partial charge in [0.25, 0.3) is 0 Å². The molecule has 0 N–H and O–H groups in total. The van der Waals surface area contributed by atoms with Crippen LogP contribution >= 0.6 is 0 Å². The Hall–Kier alpha value is -2.02. The van der Waals surface area contributed by atoms with Crippen molar-refractivity contribution in [3.05, 3.63) is 18.1 Å². The van der Waals surface area contributed by atoms with Crippen LogP contribution in [0.3, 0.4) is 0 Å². The van der Waals surface area contributed by atoms with Gasteiger partial charge in [0.1, 0.15) is 12.2 Å². The first-order valence-electron chi connectivity index (χ1n) is 7.04. The van der Waals surface area contributed by atoms with Gasteiger partial charge in [-0.15, -0.1) is 0 Å². The molecule has 0 aliphatic carbocycles. The van der Waals surface area contributed by atoms with Crippen LogP contribution in [0.5, 0.6) is 0 Å². The molecule has 0 bridgehead atoms. The SMILES string of the molecule is CCN1CCN(c2ccnc(C(=O)CC(=O)OC)n2)CC1. The highest BCUT2D eigenvalue weighted by Crippen LogP contribution is 2.13. The number of carbonyl (C=O) groups excluding carboxylic acids is 2. The number of ether oxygens (including phenoxy) is 1. The third-order valence-electron chi connectivity index (χ3n) is 3.57. The molecule has 1 aromatic rings. The van der Waals surface area contributed by atoms with E-state index in [1.165, 1.54) is 7.11 Å². The number of likely N-dealkylation sites (N-methyl/N-ethyl adjacent to an activating group) is 1. The minimum Gasteiger partial charge on any atom is -0.469 e. The van der Waals surface area contributed by atoms with Crippen molar-refractivity contribution >= 4 is 17.6 Å². The highest BCUT2D eigenvalue weighted by Gasteiger charge is 2.19. The van der Waals surface area contributed by atoms with Gasteiger partial charge in [-0.1, -0.05) is 6.92 Å². The molecule has 1 saturated heterocycles. The van der Waals surface area contributed by atoms with Crippen molar-refractivity contribution in [3.63, 3.8) is 0 Å². The smallest absolute Gasteiger partial charge is 0.313 e. The maximum Gasteiger partial charge on any atom is 0.313 e. The van der Waals surface area contributed by atoms with Gasteiger partial charge in [-0.2, -0.15) is 0 Å². The number of rotatable bonds is 5. The summed E-state index contributed by atoms with van der Waals surface area (Å²) < 4.78 is 4.48. The van der Waals surface area contributed by atoms with E-state index in [1.807, 2.05) is 0 Å². The van der Waals surface area contributed by atoms with Crippen LogP contribution in [0.2, 0.25) is 0 Å². The highest BCUT2D eigenvalue weighted by molar-refractivity contribution is 6.03. The molecular weight excluding hydrogens is 272 g/mol. The second kappa shape index (κ2) is 7.12.